The van der Waals surface area contributed by atoms with E-state index in [1.165, 1.54) is 13.0 Å². The lowest BCUT2D eigenvalue weighted by Crippen LogP contribution is -2.68. The van der Waals surface area contributed by atoms with Crippen LogP contribution >= 0.6 is 0 Å². The molecule has 7 heteroatoms. The highest BCUT2D eigenvalue weighted by atomic mass is 16.5. The molecule has 0 aromatic heterocycles. The Morgan fingerprint density at radius 1 is 1.32 bits per heavy atom. The van der Waals surface area contributed by atoms with Crippen molar-refractivity contribution in [2.45, 2.75) is 56.2 Å². The van der Waals surface area contributed by atoms with Gasteiger partial charge in [0, 0.05) is 60.7 Å². The molecule has 196 valence electrons. The van der Waals surface area contributed by atoms with E-state index in [-0.39, 0.29) is 41.2 Å². The fourth-order valence-corrected chi connectivity index (χ4v) is 7.57. The van der Waals surface area contributed by atoms with Gasteiger partial charge in [-0.2, -0.15) is 0 Å². The first-order valence-corrected chi connectivity index (χ1v) is 13.3. The number of ether oxygens (including phenoxy) is 2. The molecular formula is C31H32N2O5. The van der Waals surface area contributed by atoms with E-state index in [1.807, 2.05) is 36.4 Å². The molecule has 38 heavy (non-hydrogen) atoms. The molecule has 2 aliphatic carbocycles. The highest BCUT2D eigenvalue weighted by Crippen LogP contribution is 2.65. The molecule has 2 heterocycles. The van der Waals surface area contributed by atoms with Crippen LogP contribution in [0.25, 0.3) is 0 Å². The van der Waals surface area contributed by atoms with Crippen LogP contribution in [0.2, 0.25) is 0 Å². The van der Waals surface area contributed by atoms with Crippen molar-refractivity contribution >= 4 is 11.9 Å². The third-order valence-corrected chi connectivity index (χ3v) is 9.01. The van der Waals surface area contributed by atoms with Crippen molar-refractivity contribution < 1.29 is 24.2 Å². The summed E-state index contributed by atoms with van der Waals surface area (Å²) in [6, 6.07) is 11.0. The Hall–Kier alpha value is -3.76. The zero-order chi connectivity index (χ0) is 26.6. The summed E-state index contributed by atoms with van der Waals surface area (Å²) in [7, 11) is 1.80. The SMILES string of the molecule is C=CCN1CC[C@]23c4c5c(OC(C)=O)cc(O)c4O[C@H]2[C@@H](N(C)C(=O)C#Cc2ccccc2)CC[C@H]3[C@H]1C5. The van der Waals surface area contributed by atoms with Gasteiger partial charge in [0.05, 0.1) is 6.04 Å². The molecule has 6 rings (SSSR count). The maximum Gasteiger partial charge on any atom is 0.308 e. The molecule has 1 N–H and O–H groups in total. The summed E-state index contributed by atoms with van der Waals surface area (Å²) in [4.78, 5) is 29.4. The predicted octanol–water partition coefficient (Wildman–Crippen LogP) is 3.42. The van der Waals surface area contributed by atoms with Gasteiger partial charge >= 0.3 is 5.97 Å². The molecule has 2 aromatic carbocycles. The smallest absolute Gasteiger partial charge is 0.308 e. The average Bonchev–Trinajstić information content (AvgIpc) is 3.25. The van der Waals surface area contributed by atoms with Crippen LogP contribution in [0.4, 0.5) is 0 Å². The minimum absolute atomic E-state index is 0.0221. The van der Waals surface area contributed by atoms with E-state index in [0.717, 1.165) is 49.0 Å². The fraction of sp³-hybridized carbons (Fsp3) is 0.419. The molecule has 2 fully saturated rings. The number of phenols is 1. The van der Waals surface area contributed by atoms with Crippen molar-refractivity contribution in [3.8, 4) is 29.1 Å². The number of aromatic hydroxyl groups is 1. The lowest BCUT2D eigenvalue weighted by molar-refractivity contribution is -0.134. The van der Waals surface area contributed by atoms with Crippen LogP contribution in [0.5, 0.6) is 17.2 Å². The summed E-state index contributed by atoms with van der Waals surface area (Å²) in [5, 5.41) is 11.0. The molecule has 4 aliphatic rings. The van der Waals surface area contributed by atoms with Crippen LogP contribution in [0, 0.1) is 17.8 Å². The number of hydrogen-bond donors (Lipinski definition) is 1. The van der Waals surface area contributed by atoms with E-state index >= 15 is 0 Å². The largest absolute Gasteiger partial charge is 0.504 e. The number of hydrogen-bond acceptors (Lipinski definition) is 6. The first-order valence-electron chi connectivity index (χ1n) is 13.3. The number of likely N-dealkylation sites (N-methyl/N-ethyl adjacent to an activating group) is 1. The van der Waals surface area contributed by atoms with Crippen molar-refractivity contribution in [2.24, 2.45) is 5.92 Å². The standard InChI is InChI=1S/C31H32N2O5/c1-4-15-33-16-14-31-22-11-12-23(32(3)27(36)13-10-20-8-6-5-7-9-20)30(31)38-29-25(35)18-26(37-19(2)34)21(28(29)31)17-24(22)33/h4-9,18,22-24,30,35H,1,11-12,14-17H2,2-3H3/t22-,23-,24+,30-,31-/m0/s1. The molecular weight excluding hydrogens is 480 g/mol. The lowest BCUT2D eigenvalue weighted by Gasteiger charge is -2.60. The highest BCUT2D eigenvalue weighted by molar-refractivity contribution is 5.94. The van der Waals surface area contributed by atoms with Crippen LogP contribution in [-0.2, 0) is 21.4 Å². The maximum absolute atomic E-state index is 13.3. The van der Waals surface area contributed by atoms with Crippen molar-refractivity contribution in [2.75, 3.05) is 20.1 Å². The van der Waals surface area contributed by atoms with Crippen LogP contribution in [0.15, 0.2) is 49.1 Å². The number of nitrogens with zero attached hydrogens (tertiary/aromatic N) is 2. The van der Waals surface area contributed by atoms with E-state index < -0.39 is 5.97 Å². The van der Waals surface area contributed by atoms with Gasteiger partial charge in [0.25, 0.3) is 5.91 Å². The molecule has 0 radical (unpaired) electrons. The minimum atomic E-state index is -0.423. The number of benzene rings is 2. The Kier molecular flexibility index (Phi) is 5.96. The molecule has 1 saturated carbocycles. The minimum Gasteiger partial charge on any atom is -0.504 e. The molecule has 2 aromatic rings. The second-order valence-corrected chi connectivity index (χ2v) is 10.8. The van der Waals surface area contributed by atoms with Crippen LogP contribution in [-0.4, -0.2) is 65.1 Å². The molecule has 7 nitrogen and oxygen atoms in total. The monoisotopic (exact) mass is 512 g/mol. The molecule has 1 amide bonds. The van der Waals surface area contributed by atoms with Gasteiger partial charge in [0.2, 0.25) is 0 Å². The Balaban J connectivity index is 1.42. The number of carbonyl (C=O) groups excluding carboxylic acids is 2. The first-order chi connectivity index (χ1) is 18.3. The molecule has 2 bridgehead atoms. The number of phenolic OH excluding ortho intramolecular Hbond substituents is 1. The zero-order valence-electron chi connectivity index (χ0n) is 21.8. The Labute approximate surface area is 223 Å². The number of esters is 1. The topological polar surface area (TPSA) is 79.3 Å². The van der Waals surface area contributed by atoms with Gasteiger partial charge in [-0.25, -0.2) is 0 Å². The summed E-state index contributed by atoms with van der Waals surface area (Å²) in [5.74, 6) is 6.26. The highest BCUT2D eigenvalue weighted by Gasteiger charge is 2.67. The van der Waals surface area contributed by atoms with Crippen molar-refractivity contribution in [3.05, 3.63) is 65.7 Å². The van der Waals surface area contributed by atoms with Gasteiger partial charge < -0.3 is 19.5 Å². The quantitative estimate of drug-likeness (QED) is 0.293. The molecule has 0 unspecified atom stereocenters. The lowest BCUT2D eigenvalue weighted by atomic mass is 9.51. The van der Waals surface area contributed by atoms with Crippen LogP contribution < -0.4 is 9.47 Å². The third kappa shape index (κ3) is 3.62. The number of rotatable bonds is 4. The van der Waals surface area contributed by atoms with E-state index in [2.05, 4.69) is 23.3 Å². The van der Waals surface area contributed by atoms with Gasteiger partial charge in [0.15, 0.2) is 11.5 Å². The zero-order valence-corrected chi connectivity index (χ0v) is 21.8. The second kappa shape index (κ2) is 9.21. The van der Waals surface area contributed by atoms with Gasteiger partial charge in [0.1, 0.15) is 11.9 Å². The summed E-state index contributed by atoms with van der Waals surface area (Å²) in [6.45, 7) is 6.99. The van der Waals surface area contributed by atoms with Gasteiger partial charge in [-0.05, 0) is 50.3 Å². The Bertz CT molecular complexity index is 1380. The Morgan fingerprint density at radius 2 is 2.11 bits per heavy atom. The van der Waals surface area contributed by atoms with Crippen LogP contribution in [0.1, 0.15) is 42.9 Å². The van der Waals surface area contributed by atoms with E-state index in [9.17, 15) is 14.7 Å². The van der Waals surface area contributed by atoms with E-state index in [1.54, 1.807) is 11.9 Å². The Morgan fingerprint density at radius 3 is 2.84 bits per heavy atom. The number of piperidine rings is 1. The van der Waals surface area contributed by atoms with Crippen molar-refractivity contribution in [1.82, 2.24) is 9.80 Å². The predicted molar refractivity (Wildman–Crippen MR) is 142 cm³/mol. The van der Waals surface area contributed by atoms with Gasteiger partial charge in [-0.15, -0.1) is 6.58 Å². The van der Waals surface area contributed by atoms with Crippen molar-refractivity contribution in [3.63, 3.8) is 0 Å². The second-order valence-electron chi connectivity index (χ2n) is 10.8. The maximum atomic E-state index is 13.3. The fourth-order valence-electron chi connectivity index (χ4n) is 7.57. The molecule has 5 atom stereocenters. The molecule has 2 aliphatic heterocycles. The normalized spacial score (nSPS) is 28.3. The summed E-state index contributed by atoms with van der Waals surface area (Å²) < 4.78 is 12.3. The summed E-state index contributed by atoms with van der Waals surface area (Å²) in [6.07, 6.45) is 4.85. The van der Waals surface area contributed by atoms with Crippen molar-refractivity contribution in [1.29, 1.82) is 0 Å². The molecule has 1 spiro atoms. The number of carbonyl (C=O) groups is 2. The van der Waals surface area contributed by atoms with Gasteiger partial charge in [-0.3, -0.25) is 14.5 Å². The summed E-state index contributed by atoms with van der Waals surface area (Å²) >= 11 is 0. The van der Waals surface area contributed by atoms with Crippen LogP contribution in [0.3, 0.4) is 0 Å². The summed E-state index contributed by atoms with van der Waals surface area (Å²) in [5.41, 5.74) is 2.31. The average molecular weight is 513 g/mol. The van der Waals surface area contributed by atoms with E-state index in [0.29, 0.717) is 17.9 Å². The number of likely N-dealkylation sites (tertiary alicyclic amines) is 1. The number of amides is 1. The van der Waals surface area contributed by atoms with Gasteiger partial charge in [-0.1, -0.05) is 30.2 Å². The first kappa shape index (κ1) is 24.6. The molecule has 1 saturated heterocycles. The van der Waals surface area contributed by atoms with E-state index in [4.69, 9.17) is 9.47 Å². The third-order valence-electron chi connectivity index (χ3n) is 9.01.